The van der Waals surface area contributed by atoms with E-state index in [0.717, 1.165) is 47.1 Å². The van der Waals surface area contributed by atoms with Crippen LogP contribution >= 0.6 is 0 Å². The van der Waals surface area contributed by atoms with Crippen molar-refractivity contribution in [3.05, 3.63) is 88.6 Å². The van der Waals surface area contributed by atoms with Crippen molar-refractivity contribution in [1.82, 2.24) is 9.97 Å². The van der Waals surface area contributed by atoms with Gasteiger partial charge in [0.15, 0.2) is 19.7 Å². The van der Waals surface area contributed by atoms with Crippen LogP contribution in [0.5, 0.6) is 5.75 Å². The van der Waals surface area contributed by atoms with E-state index >= 15 is 0 Å². The van der Waals surface area contributed by atoms with E-state index in [0.29, 0.717) is 17.8 Å². The Bertz CT molecular complexity index is 1690. The fourth-order valence-corrected chi connectivity index (χ4v) is 6.31. The van der Waals surface area contributed by atoms with Crippen molar-refractivity contribution in [1.29, 1.82) is 0 Å². The van der Waals surface area contributed by atoms with Crippen molar-refractivity contribution in [2.75, 3.05) is 31.5 Å². The number of phenols is 1. The molecule has 0 atom stereocenters. The van der Waals surface area contributed by atoms with Crippen LogP contribution in [-0.4, -0.2) is 58.5 Å². The molecule has 8 nitrogen and oxygen atoms in total. The molecule has 0 amide bonds. The Hall–Kier alpha value is -3.63. The van der Waals surface area contributed by atoms with Crippen LogP contribution in [0.25, 0.3) is 22.6 Å². The lowest BCUT2D eigenvalue weighted by molar-refractivity contribution is 0.464. The van der Waals surface area contributed by atoms with Gasteiger partial charge in [-0.25, -0.2) is 21.8 Å². The Morgan fingerprint density at radius 2 is 1.45 bits per heavy atom. The van der Waals surface area contributed by atoms with Crippen LogP contribution in [0.3, 0.4) is 0 Å². The largest absolute Gasteiger partial charge is 0.507 e. The molecular weight excluding hydrogens is 546 g/mol. The number of hydrogen-bond acceptors (Lipinski definition) is 7. The predicted octanol–water partition coefficient (Wildman–Crippen LogP) is 4.70. The van der Waals surface area contributed by atoms with E-state index < -0.39 is 31.2 Å². The summed E-state index contributed by atoms with van der Waals surface area (Å²) in [6.07, 6.45) is 3.59. The smallest absolute Gasteiger partial charge is 0.151 e. The number of rotatable bonds is 10. The number of aryl methyl sites for hydroxylation is 3. The van der Waals surface area contributed by atoms with Gasteiger partial charge in [0, 0.05) is 60.2 Å². The number of H-pyrrole nitrogens is 1. The molecule has 0 saturated heterocycles. The second kappa shape index (κ2) is 11.5. The number of nitrogens with one attached hydrogen (secondary N) is 1. The predicted molar refractivity (Wildman–Crippen MR) is 161 cm³/mol. The summed E-state index contributed by atoms with van der Waals surface area (Å²) >= 11 is 0. The Kier molecular flexibility index (Phi) is 8.41. The lowest BCUT2D eigenvalue weighted by atomic mass is 10.0. The minimum atomic E-state index is -3.51. The third kappa shape index (κ3) is 7.31. The van der Waals surface area contributed by atoms with Crippen LogP contribution in [0.15, 0.2) is 60.7 Å². The Morgan fingerprint density at radius 1 is 0.850 bits per heavy atom. The van der Waals surface area contributed by atoms with Crippen LogP contribution in [-0.2, 0) is 44.0 Å². The van der Waals surface area contributed by atoms with Crippen molar-refractivity contribution in [2.24, 2.45) is 0 Å². The maximum atomic E-state index is 12.1. The van der Waals surface area contributed by atoms with Gasteiger partial charge in [0.25, 0.3) is 0 Å². The fourth-order valence-electron chi connectivity index (χ4n) is 4.74. The van der Waals surface area contributed by atoms with E-state index in [1.807, 2.05) is 56.3 Å². The Labute approximate surface area is 236 Å². The fraction of sp³-hybridized carbons (Fsp3) is 0.300. The van der Waals surface area contributed by atoms with Crippen molar-refractivity contribution < 1.29 is 21.9 Å². The van der Waals surface area contributed by atoms with Gasteiger partial charge in [0.1, 0.15) is 11.6 Å². The van der Waals surface area contributed by atoms with Crippen LogP contribution in [0.4, 0.5) is 5.69 Å². The maximum Gasteiger partial charge on any atom is 0.151 e. The first kappa shape index (κ1) is 29.4. The van der Waals surface area contributed by atoms with Gasteiger partial charge in [0.05, 0.1) is 17.2 Å². The summed E-state index contributed by atoms with van der Waals surface area (Å²) in [6, 6.07) is 19.4. The highest BCUT2D eigenvalue weighted by atomic mass is 32.2. The Balaban J connectivity index is 1.87. The molecule has 2 N–H and O–H groups in total. The number of sulfone groups is 2. The number of aromatic amines is 1. The molecule has 0 radical (unpaired) electrons. The van der Waals surface area contributed by atoms with E-state index in [4.69, 9.17) is 4.98 Å². The number of phenolic OH excluding ortho intramolecular Hbond substituents is 1. The summed E-state index contributed by atoms with van der Waals surface area (Å²) in [5, 5.41) is 10.8. The van der Waals surface area contributed by atoms with Crippen molar-refractivity contribution in [3.63, 3.8) is 0 Å². The quantitative estimate of drug-likeness (QED) is 0.279. The van der Waals surface area contributed by atoms with E-state index in [2.05, 4.69) is 23.2 Å². The number of anilines is 1. The SMILES string of the molecule is Cc1cc(N(C)C)ccc1-c1nc(-c2cc(CS(C)(=O)=O)c(O)c(CS(C)(=O)=O)c2)[nH]c1CCc1ccccc1. The lowest BCUT2D eigenvalue weighted by Gasteiger charge is -2.15. The molecule has 0 spiro atoms. The summed E-state index contributed by atoms with van der Waals surface area (Å²) in [7, 11) is -3.04. The second-order valence-corrected chi connectivity index (χ2v) is 14.9. The molecule has 0 fully saturated rings. The van der Waals surface area contributed by atoms with E-state index in [1.165, 1.54) is 5.56 Å². The minimum Gasteiger partial charge on any atom is -0.507 e. The zero-order valence-corrected chi connectivity index (χ0v) is 25.0. The number of nitrogens with zero attached hydrogens (tertiary/aromatic N) is 2. The minimum absolute atomic E-state index is 0.133. The standard InChI is InChI=1S/C30H35N3O5S2/c1-20-15-25(33(2)3)12-13-26(20)28-27(14-11-21-9-7-6-8-10-21)31-30(32-28)22-16-23(18-39(4,35)36)29(34)24(17-22)19-40(5,37)38/h6-10,12-13,15-17,34H,11,14,18-19H2,1-5H3,(H,31,32). The normalized spacial score (nSPS) is 12.0. The second-order valence-electron chi connectivity index (χ2n) is 10.6. The topological polar surface area (TPSA) is 120 Å². The summed E-state index contributed by atoms with van der Waals surface area (Å²) in [6.45, 7) is 2.03. The van der Waals surface area contributed by atoms with Gasteiger partial charge < -0.3 is 15.0 Å². The first-order chi connectivity index (χ1) is 18.7. The molecule has 3 aromatic carbocycles. The first-order valence-corrected chi connectivity index (χ1v) is 16.9. The maximum absolute atomic E-state index is 12.1. The molecule has 40 heavy (non-hydrogen) atoms. The van der Waals surface area contributed by atoms with Gasteiger partial charge >= 0.3 is 0 Å². The number of imidazole rings is 1. The molecule has 10 heteroatoms. The number of aromatic nitrogens is 2. The summed E-state index contributed by atoms with van der Waals surface area (Å²) < 4.78 is 48.5. The molecule has 4 rings (SSSR count). The number of aromatic hydroxyl groups is 1. The van der Waals surface area contributed by atoms with Gasteiger partial charge in [-0.3, -0.25) is 0 Å². The zero-order chi connectivity index (χ0) is 29.2. The third-order valence-electron chi connectivity index (χ3n) is 6.64. The van der Waals surface area contributed by atoms with Crippen molar-refractivity contribution in [3.8, 4) is 28.4 Å². The third-order valence-corrected chi connectivity index (χ3v) is 8.31. The molecule has 1 heterocycles. The van der Waals surface area contributed by atoms with Crippen LogP contribution in [0.2, 0.25) is 0 Å². The van der Waals surface area contributed by atoms with Gasteiger partial charge in [0.2, 0.25) is 0 Å². The lowest BCUT2D eigenvalue weighted by Crippen LogP contribution is -2.08. The molecule has 0 aliphatic heterocycles. The van der Waals surface area contributed by atoms with Gasteiger partial charge in [-0.1, -0.05) is 36.4 Å². The Morgan fingerprint density at radius 3 is 1.98 bits per heavy atom. The van der Waals surface area contributed by atoms with E-state index in [1.54, 1.807) is 12.1 Å². The van der Waals surface area contributed by atoms with Gasteiger partial charge in [-0.05, 0) is 55.2 Å². The summed E-state index contributed by atoms with van der Waals surface area (Å²) in [5.41, 5.74) is 6.71. The summed E-state index contributed by atoms with van der Waals surface area (Å²) in [4.78, 5) is 10.4. The molecule has 0 aliphatic rings. The average Bonchev–Trinajstić information content (AvgIpc) is 3.28. The molecular formula is C30H35N3O5S2. The molecule has 212 valence electrons. The number of hydrogen-bond donors (Lipinski definition) is 2. The molecule has 1 aromatic heterocycles. The van der Waals surface area contributed by atoms with E-state index in [-0.39, 0.29) is 16.9 Å². The molecule has 0 bridgehead atoms. The average molecular weight is 582 g/mol. The van der Waals surface area contributed by atoms with Crippen LogP contribution in [0.1, 0.15) is 27.9 Å². The molecule has 4 aromatic rings. The number of benzene rings is 3. The highest BCUT2D eigenvalue weighted by Crippen LogP contribution is 2.35. The highest BCUT2D eigenvalue weighted by molar-refractivity contribution is 7.90. The molecule has 0 saturated carbocycles. The van der Waals surface area contributed by atoms with Crippen LogP contribution in [0, 0.1) is 6.92 Å². The van der Waals surface area contributed by atoms with Gasteiger partial charge in [-0.2, -0.15) is 0 Å². The zero-order valence-electron chi connectivity index (χ0n) is 23.4. The van der Waals surface area contributed by atoms with Crippen molar-refractivity contribution >= 4 is 25.4 Å². The molecule has 0 unspecified atom stereocenters. The monoisotopic (exact) mass is 581 g/mol. The van der Waals surface area contributed by atoms with Crippen LogP contribution < -0.4 is 4.90 Å². The highest BCUT2D eigenvalue weighted by Gasteiger charge is 2.21. The molecule has 0 aliphatic carbocycles. The summed E-state index contributed by atoms with van der Waals surface area (Å²) in [5.74, 6) is -0.712. The van der Waals surface area contributed by atoms with Gasteiger partial charge in [-0.15, -0.1) is 0 Å². The van der Waals surface area contributed by atoms with E-state index in [9.17, 15) is 21.9 Å². The van der Waals surface area contributed by atoms with Crippen molar-refractivity contribution in [2.45, 2.75) is 31.3 Å². The first-order valence-electron chi connectivity index (χ1n) is 12.8.